The Morgan fingerprint density at radius 3 is 2.50 bits per heavy atom. The molecule has 1 atom stereocenters. The molecule has 0 aromatic heterocycles. The Balaban J connectivity index is 2.01. The number of nitrogens with zero attached hydrogens (tertiary/aromatic N) is 1. The van der Waals surface area contributed by atoms with Crippen LogP contribution in [0.2, 0.25) is 0 Å². The lowest BCUT2D eigenvalue weighted by atomic mass is 9.91. The third-order valence-electron chi connectivity index (χ3n) is 4.25. The van der Waals surface area contributed by atoms with E-state index in [-0.39, 0.29) is 0 Å². The molecule has 1 aromatic carbocycles. The van der Waals surface area contributed by atoms with E-state index in [0.29, 0.717) is 12.0 Å². The number of nitrogens with two attached hydrogens (primary N) is 1. The molecule has 0 amide bonds. The van der Waals surface area contributed by atoms with Crippen LogP contribution in [0.5, 0.6) is 11.5 Å². The lowest BCUT2D eigenvalue weighted by molar-refractivity contribution is 0.164. The lowest BCUT2D eigenvalue weighted by Crippen LogP contribution is -2.39. The van der Waals surface area contributed by atoms with E-state index in [2.05, 4.69) is 17.9 Å². The quantitative estimate of drug-likeness (QED) is 0.897. The molecule has 4 nitrogen and oxygen atoms in total. The second-order valence-electron chi connectivity index (χ2n) is 5.63. The number of piperidine rings is 1. The van der Waals surface area contributed by atoms with Crippen molar-refractivity contribution in [2.24, 2.45) is 11.7 Å². The number of methoxy groups -OCH3 is 2. The highest BCUT2D eigenvalue weighted by Crippen LogP contribution is 2.32. The summed E-state index contributed by atoms with van der Waals surface area (Å²) in [6, 6.07) is 6.37. The average molecular weight is 278 g/mol. The fraction of sp³-hybridized carbons (Fsp3) is 0.625. The molecule has 1 heterocycles. The SMILES string of the molecule is COc1cccc(CN2CCC(C(C)N)CC2)c1OC. The second-order valence-corrected chi connectivity index (χ2v) is 5.63. The van der Waals surface area contributed by atoms with Crippen LogP contribution in [0.1, 0.15) is 25.3 Å². The summed E-state index contributed by atoms with van der Waals surface area (Å²) in [7, 11) is 3.37. The van der Waals surface area contributed by atoms with Gasteiger partial charge >= 0.3 is 0 Å². The molecule has 0 saturated carbocycles. The van der Waals surface area contributed by atoms with E-state index < -0.39 is 0 Å². The number of likely N-dealkylation sites (tertiary alicyclic amines) is 1. The van der Waals surface area contributed by atoms with Gasteiger partial charge in [-0.15, -0.1) is 0 Å². The first-order valence-electron chi connectivity index (χ1n) is 7.33. The molecule has 1 fully saturated rings. The van der Waals surface area contributed by atoms with Crippen molar-refractivity contribution in [3.05, 3.63) is 23.8 Å². The van der Waals surface area contributed by atoms with E-state index in [1.807, 2.05) is 12.1 Å². The predicted molar refractivity (Wildman–Crippen MR) is 81.2 cm³/mol. The van der Waals surface area contributed by atoms with Crippen molar-refractivity contribution in [1.82, 2.24) is 4.90 Å². The number of rotatable bonds is 5. The maximum Gasteiger partial charge on any atom is 0.165 e. The number of hydrogen-bond donors (Lipinski definition) is 1. The molecule has 1 aromatic rings. The molecular weight excluding hydrogens is 252 g/mol. The van der Waals surface area contributed by atoms with Gasteiger partial charge in [-0.3, -0.25) is 4.90 Å². The summed E-state index contributed by atoms with van der Waals surface area (Å²) in [5.41, 5.74) is 7.18. The standard InChI is InChI=1S/C16H26N2O2/c1-12(17)13-7-9-18(10-8-13)11-14-5-4-6-15(19-2)16(14)20-3/h4-6,12-13H,7-11,17H2,1-3H3. The van der Waals surface area contributed by atoms with E-state index in [4.69, 9.17) is 15.2 Å². The Hall–Kier alpha value is -1.26. The van der Waals surface area contributed by atoms with Crippen molar-refractivity contribution >= 4 is 0 Å². The molecule has 0 radical (unpaired) electrons. The van der Waals surface area contributed by atoms with Gasteiger partial charge in [0.05, 0.1) is 14.2 Å². The van der Waals surface area contributed by atoms with Crippen molar-refractivity contribution in [2.45, 2.75) is 32.4 Å². The van der Waals surface area contributed by atoms with Gasteiger partial charge in [0.15, 0.2) is 11.5 Å². The van der Waals surface area contributed by atoms with Crippen molar-refractivity contribution in [1.29, 1.82) is 0 Å². The summed E-state index contributed by atoms with van der Waals surface area (Å²) in [5, 5.41) is 0. The van der Waals surface area contributed by atoms with E-state index in [1.165, 1.54) is 18.4 Å². The Morgan fingerprint density at radius 2 is 1.95 bits per heavy atom. The van der Waals surface area contributed by atoms with Crippen LogP contribution in [-0.4, -0.2) is 38.3 Å². The second kappa shape index (κ2) is 6.95. The van der Waals surface area contributed by atoms with Crippen molar-refractivity contribution < 1.29 is 9.47 Å². The normalized spacial score (nSPS) is 18.8. The van der Waals surface area contributed by atoms with Crippen LogP contribution in [-0.2, 0) is 6.54 Å². The van der Waals surface area contributed by atoms with Crippen molar-refractivity contribution in [3.8, 4) is 11.5 Å². The van der Waals surface area contributed by atoms with E-state index in [1.54, 1.807) is 14.2 Å². The van der Waals surface area contributed by atoms with Crippen LogP contribution >= 0.6 is 0 Å². The van der Waals surface area contributed by atoms with Crippen LogP contribution < -0.4 is 15.2 Å². The van der Waals surface area contributed by atoms with Gasteiger partial charge < -0.3 is 15.2 Å². The number of hydrogen-bond acceptors (Lipinski definition) is 4. The molecule has 1 saturated heterocycles. The van der Waals surface area contributed by atoms with Gasteiger partial charge in [-0.05, 0) is 44.8 Å². The Kier molecular flexibility index (Phi) is 5.26. The third-order valence-corrected chi connectivity index (χ3v) is 4.25. The van der Waals surface area contributed by atoms with Gasteiger partial charge in [-0.1, -0.05) is 12.1 Å². The summed E-state index contributed by atoms with van der Waals surface area (Å²) in [5.74, 6) is 2.32. The highest BCUT2D eigenvalue weighted by molar-refractivity contribution is 5.46. The largest absolute Gasteiger partial charge is 0.493 e. The van der Waals surface area contributed by atoms with Gasteiger partial charge in [0.25, 0.3) is 0 Å². The van der Waals surface area contributed by atoms with Gasteiger partial charge in [-0.2, -0.15) is 0 Å². The Labute approximate surface area is 121 Å². The summed E-state index contributed by atoms with van der Waals surface area (Å²) >= 11 is 0. The van der Waals surface area contributed by atoms with Crippen molar-refractivity contribution in [3.63, 3.8) is 0 Å². The Bertz CT molecular complexity index is 426. The number of benzene rings is 1. The lowest BCUT2D eigenvalue weighted by Gasteiger charge is -2.34. The first-order valence-corrected chi connectivity index (χ1v) is 7.33. The third kappa shape index (κ3) is 3.44. The van der Waals surface area contributed by atoms with E-state index in [9.17, 15) is 0 Å². The Morgan fingerprint density at radius 1 is 1.25 bits per heavy atom. The monoisotopic (exact) mass is 278 g/mol. The topological polar surface area (TPSA) is 47.7 Å². The van der Waals surface area contributed by atoms with Crippen LogP contribution in [0.4, 0.5) is 0 Å². The molecule has 0 bridgehead atoms. The zero-order valence-corrected chi connectivity index (χ0v) is 12.8. The van der Waals surface area contributed by atoms with Gasteiger partial charge in [0.2, 0.25) is 0 Å². The first-order chi connectivity index (χ1) is 9.65. The maximum atomic E-state index is 5.99. The van der Waals surface area contributed by atoms with Crippen LogP contribution in [0, 0.1) is 5.92 Å². The molecule has 2 rings (SSSR count). The van der Waals surface area contributed by atoms with Crippen LogP contribution in [0.15, 0.2) is 18.2 Å². The smallest absolute Gasteiger partial charge is 0.165 e. The molecule has 1 aliphatic rings. The number of ether oxygens (including phenoxy) is 2. The minimum atomic E-state index is 0.309. The van der Waals surface area contributed by atoms with Crippen LogP contribution in [0.25, 0.3) is 0 Å². The molecular formula is C16H26N2O2. The summed E-state index contributed by atoms with van der Waals surface area (Å²) in [6.07, 6.45) is 2.37. The molecule has 1 aliphatic heterocycles. The van der Waals surface area contributed by atoms with E-state index in [0.717, 1.165) is 31.1 Å². The fourth-order valence-electron chi connectivity index (χ4n) is 2.96. The molecule has 112 valence electrons. The highest BCUT2D eigenvalue weighted by atomic mass is 16.5. The zero-order valence-electron chi connectivity index (χ0n) is 12.8. The summed E-state index contributed by atoms with van der Waals surface area (Å²) in [4.78, 5) is 2.47. The molecule has 1 unspecified atom stereocenters. The van der Waals surface area contributed by atoms with Crippen LogP contribution in [0.3, 0.4) is 0 Å². The molecule has 0 spiro atoms. The van der Waals surface area contributed by atoms with E-state index >= 15 is 0 Å². The maximum absolute atomic E-state index is 5.99. The van der Waals surface area contributed by atoms with Gasteiger partial charge in [0, 0.05) is 18.2 Å². The van der Waals surface area contributed by atoms with Crippen molar-refractivity contribution in [2.75, 3.05) is 27.3 Å². The predicted octanol–water partition coefficient (Wildman–Crippen LogP) is 2.26. The summed E-state index contributed by atoms with van der Waals surface area (Å²) < 4.78 is 10.9. The minimum Gasteiger partial charge on any atom is -0.493 e. The summed E-state index contributed by atoms with van der Waals surface area (Å²) in [6.45, 7) is 5.23. The fourth-order valence-corrected chi connectivity index (χ4v) is 2.96. The zero-order chi connectivity index (χ0) is 14.5. The highest BCUT2D eigenvalue weighted by Gasteiger charge is 2.22. The first kappa shape index (κ1) is 15.1. The average Bonchev–Trinajstić information content (AvgIpc) is 2.47. The molecule has 2 N–H and O–H groups in total. The number of para-hydroxylation sites is 1. The van der Waals surface area contributed by atoms with Gasteiger partial charge in [-0.25, -0.2) is 0 Å². The molecule has 20 heavy (non-hydrogen) atoms. The molecule has 0 aliphatic carbocycles. The van der Waals surface area contributed by atoms with Gasteiger partial charge in [0.1, 0.15) is 0 Å². The minimum absolute atomic E-state index is 0.309. The molecule has 4 heteroatoms.